The molecule has 2 nitrogen and oxygen atoms in total. The van der Waals surface area contributed by atoms with Crippen molar-refractivity contribution in [2.24, 2.45) is 5.73 Å². The Bertz CT molecular complexity index is 435. The average Bonchev–Trinajstić information content (AvgIpc) is 2.50. The van der Waals surface area contributed by atoms with Crippen molar-refractivity contribution in [1.82, 2.24) is 4.90 Å². The summed E-state index contributed by atoms with van der Waals surface area (Å²) in [5.74, 6) is 0. The maximum Gasteiger partial charge on any atom is 0.0142 e. The first-order valence-electron chi connectivity index (χ1n) is 8.36. The third-order valence-corrected chi connectivity index (χ3v) is 5.37. The van der Waals surface area contributed by atoms with Gasteiger partial charge in [-0.2, -0.15) is 0 Å². The van der Waals surface area contributed by atoms with Crippen LogP contribution in [0.1, 0.15) is 50.2 Å². The smallest absolute Gasteiger partial charge is 0.0142 e. The van der Waals surface area contributed by atoms with Crippen molar-refractivity contribution >= 4 is 0 Å². The predicted molar refractivity (Wildman–Crippen MR) is 84.9 cm³/mol. The normalized spacial score (nSPS) is 30.2. The zero-order valence-corrected chi connectivity index (χ0v) is 12.7. The van der Waals surface area contributed by atoms with E-state index >= 15 is 0 Å². The van der Waals surface area contributed by atoms with Gasteiger partial charge in [0.2, 0.25) is 0 Å². The maximum absolute atomic E-state index is 6.06. The van der Waals surface area contributed by atoms with E-state index in [-0.39, 0.29) is 0 Å². The van der Waals surface area contributed by atoms with Gasteiger partial charge in [0.25, 0.3) is 0 Å². The molecule has 1 fully saturated rings. The Morgan fingerprint density at radius 1 is 1.00 bits per heavy atom. The van der Waals surface area contributed by atoms with Gasteiger partial charge < -0.3 is 5.73 Å². The zero-order chi connectivity index (χ0) is 13.9. The van der Waals surface area contributed by atoms with Crippen LogP contribution in [0.4, 0.5) is 0 Å². The second-order valence-corrected chi connectivity index (χ2v) is 6.56. The van der Waals surface area contributed by atoms with E-state index in [1.165, 1.54) is 51.5 Å². The van der Waals surface area contributed by atoms with Crippen molar-refractivity contribution in [3.05, 3.63) is 35.4 Å². The van der Waals surface area contributed by atoms with Gasteiger partial charge in [0.05, 0.1) is 0 Å². The van der Waals surface area contributed by atoms with Crippen LogP contribution in [0.2, 0.25) is 0 Å². The molecule has 0 aromatic heterocycles. The van der Waals surface area contributed by atoms with Gasteiger partial charge >= 0.3 is 0 Å². The molecule has 1 unspecified atom stereocenters. The van der Waals surface area contributed by atoms with Gasteiger partial charge in [0.15, 0.2) is 0 Å². The number of aryl methyl sites for hydroxylation is 1. The van der Waals surface area contributed by atoms with Gasteiger partial charge in [-0.25, -0.2) is 0 Å². The molecule has 2 aliphatic carbocycles. The first kappa shape index (κ1) is 14.1. The van der Waals surface area contributed by atoms with Crippen LogP contribution in [-0.4, -0.2) is 29.6 Å². The van der Waals surface area contributed by atoms with Crippen molar-refractivity contribution in [3.63, 3.8) is 0 Å². The molecule has 0 amide bonds. The molecule has 2 aliphatic rings. The van der Waals surface area contributed by atoms with E-state index in [2.05, 4.69) is 36.1 Å². The van der Waals surface area contributed by atoms with E-state index in [1.54, 1.807) is 11.1 Å². The number of likely N-dealkylation sites (N-methyl/N-ethyl adjacent to an activating group) is 1. The summed E-state index contributed by atoms with van der Waals surface area (Å²) in [7, 11) is 0. The van der Waals surface area contributed by atoms with Gasteiger partial charge in [-0.05, 0) is 62.6 Å². The summed E-state index contributed by atoms with van der Waals surface area (Å²) in [4.78, 5) is 2.78. The Kier molecular flexibility index (Phi) is 4.42. The molecule has 1 saturated carbocycles. The van der Waals surface area contributed by atoms with Crippen molar-refractivity contribution < 1.29 is 0 Å². The number of nitrogens with two attached hydrogens (primary N) is 1. The molecule has 110 valence electrons. The van der Waals surface area contributed by atoms with Gasteiger partial charge in [-0.1, -0.05) is 31.2 Å². The molecule has 0 saturated heterocycles. The lowest BCUT2D eigenvalue weighted by Gasteiger charge is -2.42. The molecule has 0 aliphatic heterocycles. The monoisotopic (exact) mass is 272 g/mol. The van der Waals surface area contributed by atoms with Crippen molar-refractivity contribution in [3.8, 4) is 0 Å². The van der Waals surface area contributed by atoms with Crippen LogP contribution in [0.5, 0.6) is 0 Å². The lowest BCUT2D eigenvalue weighted by molar-refractivity contribution is 0.0970. The Labute approximate surface area is 123 Å². The Morgan fingerprint density at radius 3 is 2.40 bits per heavy atom. The highest BCUT2D eigenvalue weighted by atomic mass is 15.2. The summed E-state index contributed by atoms with van der Waals surface area (Å²) < 4.78 is 0. The van der Waals surface area contributed by atoms with Crippen LogP contribution >= 0.6 is 0 Å². The Balaban J connectivity index is 1.68. The van der Waals surface area contributed by atoms with E-state index in [1.807, 2.05) is 0 Å². The van der Waals surface area contributed by atoms with Crippen molar-refractivity contribution in [1.29, 1.82) is 0 Å². The minimum atomic E-state index is 0.456. The summed E-state index contributed by atoms with van der Waals surface area (Å²) in [6.07, 6.45) is 8.85. The topological polar surface area (TPSA) is 29.3 Å². The molecular weight excluding hydrogens is 244 g/mol. The van der Waals surface area contributed by atoms with Crippen LogP contribution in [0.3, 0.4) is 0 Å². The number of hydrogen-bond acceptors (Lipinski definition) is 2. The summed E-state index contributed by atoms with van der Waals surface area (Å²) in [5, 5.41) is 0. The number of nitrogens with zero attached hydrogens (tertiary/aromatic N) is 1. The highest BCUT2D eigenvalue weighted by Gasteiger charge is 2.30. The number of fused-ring (bicyclic) bond motifs is 1. The van der Waals surface area contributed by atoms with Gasteiger partial charge in [-0.3, -0.25) is 4.90 Å². The Hall–Kier alpha value is -0.860. The molecule has 0 radical (unpaired) electrons. The minimum Gasteiger partial charge on any atom is -0.328 e. The lowest BCUT2D eigenvalue weighted by Crippen LogP contribution is -2.48. The quantitative estimate of drug-likeness (QED) is 0.916. The first-order valence-corrected chi connectivity index (χ1v) is 8.36. The number of hydrogen-bond donors (Lipinski definition) is 1. The first-order chi connectivity index (χ1) is 9.78. The number of rotatable bonds is 3. The molecule has 0 spiro atoms. The van der Waals surface area contributed by atoms with Crippen molar-refractivity contribution in [2.45, 2.75) is 70.0 Å². The lowest BCUT2D eigenvalue weighted by atomic mass is 9.84. The molecule has 0 heterocycles. The molecular formula is C18H28N2. The van der Waals surface area contributed by atoms with Crippen LogP contribution in [0.25, 0.3) is 0 Å². The van der Waals surface area contributed by atoms with Crippen LogP contribution in [0.15, 0.2) is 24.3 Å². The molecule has 1 atom stereocenters. The molecule has 20 heavy (non-hydrogen) atoms. The average molecular weight is 272 g/mol. The second-order valence-electron chi connectivity index (χ2n) is 6.56. The molecule has 1 aromatic carbocycles. The molecule has 3 rings (SSSR count). The molecule has 2 heteroatoms. The van der Waals surface area contributed by atoms with Gasteiger partial charge in [0.1, 0.15) is 0 Å². The summed E-state index contributed by atoms with van der Waals surface area (Å²) in [6.45, 7) is 3.52. The maximum atomic E-state index is 6.06. The zero-order valence-electron chi connectivity index (χ0n) is 12.7. The van der Waals surface area contributed by atoms with Gasteiger partial charge in [0, 0.05) is 18.1 Å². The van der Waals surface area contributed by atoms with Gasteiger partial charge in [-0.15, -0.1) is 0 Å². The fourth-order valence-corrected chi connectivity index (χ4v) is 4.21. The van der Waals surface area contributed by atoms with E-state index in [0.717, 1.165) is 12.1 Å². The minimum absolute atomic E-state index is 0.456. The molecule has 2 N–H and O–H groups in total. The SMILES string of the molecule is CCN(C1CCC(N)CC1)C1CCc2ccccc2C1. The molecule has 0 bridgehead atoms. The van der Waals surface area contributed by atoms with E-state index in [9.17, 15) is 0 Å². The van der Waals surface area contributed by atoms with E-state index in [4.69, 9.17) is 5.73 Å². The van der Waals surface area contributed by atoms with E-state index < -0.39 is 0 Å². The van der Waals surface area contributed by atoms with Crippen molar-refractivity contribution in [2.75, 3.05) is 6.54 Å². The fraction of sp³-hybridized carbons (Fsp3) is 0.667. The second kappa shape index (κ2) is 6.28. The summed E-state index contributed by atoms with van der Waals surface area (Å²) in [6, 6.07) is 11.0. The third-order valence-electron chi connectivity index (χ3n) is 5.37. The highest BCUT2D eigenvalue weighted by molar-refractivity contribution is 5.30. The summed E-state index contributed by atoms with van der Waals surface area (Å²) in [5.41, 5.74) is 9.21. The van der Waals surface area contributed by atoms with Crippen LogP contribution in [-0.2, 0) is 12.8 Å². The standard InChI is InChI=1S/C18H28N2/c1-2-20(17-11-8-16(19)9-12-17)18-10-7-14-5-3-4-6-15(14)13-18/h3-6,16-18H,2,7-13,19H2,1H3. The van der Waals surface area contributed by atoms with Crippen LogP contribution in [0, 0.1) is 0 Å². The number of benzene rings is 1. The highest BCUT2D eigenvalue weighted by Crippen LogP contribution is 2.29. The largest absolute Gasteiger partial charge is 0.328 e. The summed E-state index contributed by atoms with van der Waals surface area (Å²) >= 11 is 0. The molecule has 1 aromatic rings. The van der Waals surface area contributed by atoms with Crippen LogP contribution < -0.4 is 5.73 Å². The third kappa shape index (κ3) is 2.91. The predicted octanol–water partition coefficient (Wildman–Crippen LogP) is 3.14. The fourth-order valence-electron chi connectivity index (χ4n) is 4.21. The van der Waals surface area contributed by atoms with E-state index in [0.29, 0.717) is 6.04 Å². The Morgan fingerprint density at radius 2 is 1.70 bits per heavy atom.